The SMILES string of the molecule is N/C(=N/O)c1ccc(OCC2CCOC2)c(C(F)(F)F)c1. The summed E-state index contributed by atoms with van der Waals surface area (Å²) in [6.45, 7) is 1.25. The van der Waals surface area contributed by atoms with Gasteiger partial charge in [0.2, 0.25) is 0 Å². The Labute approximate surface area is 119 Å². The smallest absolute Gasteiger partial charge is 0.419 e. The summed E-state index contributed by atoms with van der Waals surface area (Å²) in [5, 5.41) is 11.2. The molecule has 1 aromatic carbocycles. The molecule has 0 bridgehead atoms. The number of nitrogens with two attached hydrogens (primary N) is 1. The molecule has 2 rings (SSSR count). The lowest BCUT2D eigenvalue weighted by Gasteiger charge is -2.16. The Morgan fingerprint density at radius 3 is 2.81 bits per heavy atom. The Morgan fingerprint density at radius 2 is 2.24 bits per heavy atom. The van der Waals surface area contributed by atoms with Crippen LogP contribution in [-0.4, -0.2) is 30.9 Å². The van der Waals surface area contributed by atoms with E-state index >= 15 is 0 Å². The minimum absolute atomic E-state index is 0.0265. The van der Waals surface area contributed by atoms with Crippen molar-refractivity contribution in [2.24, 2.45) is 16.8 Å². The molecule has 5 nitrogen and oxygen atoms in total. The van der Waals surface area contributed by atoms with Gasteiger partial charge in [0.15, 0.2) is 5.84 Å². The molecule has 116 valence electrons. The third-order valence-electron chi connectivity index (χ3n) is 3.19. The van der Waals surface area contributed by atoms with Crippen LogP contribution in [0, 0.1) is 5.92 Å². The van der Waals surface area contributed by atoms with E-state index in [1.807, 2.05) is 0 Å². The summed E-state index contributed by atoms with van der Waals surface area (Å²) in [5.41, 5.74) is 4.33. The summed E-state index contributed by atoms with van der Waals surface area (Å²) in [4.78, 5) is 0. The van der Waals surface area contributed by atoms with E-state index in [-0.39, 0.29) is 23.8 Å². The van der Waals surface area contributed by atoms with Gasteiger partial charge in [-0.2, -0.15) is 13.2 Å². The van der Waals surface area contributed by atoms with Crippen molar-refractivity contribution in [3.8, 4) is 5.75 Å². The maximum atomic E-state index is 13.0. The quantitative estimate of drug-likeness (QED) is 0.387. The van der Waals surface area contributed by atoms with Gasteiger partial charge in [0.05, 0.1) is 18.8 Å². The normalized spacial score (nSPS) is 19.8. The van der Waals surface area contributed by atoms with Crippen molar-refractivity contribution < 1.29 is 27.9 Å². The van der Waals surface area contributed by atoms with Crippen molar-refractivity contribution in [2.45, 2.75) is 12.6 Å². The Hall–Kier alpha value is -1.96. The van der Waals surface area contributed by atoms with Crippen molar-refractivity contribution in [1.29, 1.82) is 0 Å². The molecule has 0 spiro atoms. The lowest BCUT2D eigenvalue weighted by atomic mass is 10.1. The zero-order valence-corrected chi connectivity index (χ0v) is 11.1. The van der Waals surface area contributed by atoms with Crippen LogP contribution in [0.4, 0.5) is 13.2 Å². The summed E-state index contributed by atoms with van der Waals surface area (Å²) >= 11 is 0. The van der Waals surface area contributed by atoms with Gasteiger partial charge in [-0.1, -0.05) is 5.16 Å². The molecule has 1 saturated heterocycles. The van der Waals surface area contributed by atoms with Crippen molar-refractivity contribution in [3.63, 3.8) is 0 Å². The Kier molecular flexibility index (Phi) is 4.56. The molecule has 0 radical (unpaired) electrons. The first-order valence-electron chi connectivity index (χ1n) is 6.31. The lowest BCUT2D eigenvalue weighted by molar-refractivity contribution is -0.139. The van der Waals surface area contributed by atoms with Crippen LogP contribution in [0.25, 0.3) is 0 Å². The van der Waals surface area contributed by atoms with Crippen molar-refractivity contribution in [2.75, 3.05) is 19.8 Å². The second-order valence-electron chi connectivity index (χ2n) is 4.73. The van der Waals surface area contributed by atoms with Gasteiger partial charge in [0.1, 0.15) is 5.75 Å². The minimum Gasteiger partial charge on any atom is -0.493 e. The van der Waals surface area contributed by atoms with E-state index in [9.17, 15) is 13.2 Å². The van der Waals surface area contributed by atoms with E-state index in [1.54, 1.807) is 0 Å². The number of halogens is 3. The molecule has 1 aromatic rings. The van der Waals surface area contributed by atoms with E-state index in [1.165, 1.54) is 12.1 Å². The fourth-order valence-electron chi connectivity index (χ4n) is 2.02. The molecule has 1 fully saturated rings. The number of benzene rings is 1. The van der Waals surface area contributed by atoms with E-state index in [2.05, 4.69) is 5.16 Å². The van der Waals surface area contributed by atoms with Crippen LogP contribution in [0.2, 0.25) is 0 Å². The maximum Gasteiger partial charge on any atom is 0.419 e. The van der Waals surface area contributed by atoms with Gasteiger partial charge in [-0.05, 0) is 24.6 Å². The van der Waals surface area contributed by atoms with E-state index in [4.69, 9.17) is 20.4 Å². The highest BCUT2D eigenvalue weighted by atomic mass is 19.4. The molecule has 1 aliphatic rings. The largest absolute Gasteiger partial charge is 0.493 e. The van der Waals surface area contributed by atoms with Gasteiger partial charge in [0.25, 0.3) is 0 Å². The van der Waals surface area contributed by atoms with Gasteiger partial charge in [0, 0.05) is 18.1 Å². The maximum absolute atomic E-state index is 13.0. The second kappa shape index (κ2) is 6.21. The number of alkyl halides is 3. The fourth-order valence-corrected chi connectivity index (χ4v) is 2.02. The third kappa shape index (κ3) is 3.78. The van der Waals surface area contributed by atoms with Crippen molar-refractivity contribution >= 4 is 5.84 Å². The molecule has 0 saturated carbocycles. The molecule has 1 atom stereocenters. The van der Waals surface area contributed by atoms with E-state index in [0.29, 0.717) is 13.2 Å². The molecule has 1 heterocycles. The van der Waals surface area contributed by atoms with Crippen LogP contribution in [0.1, 0.15) is 17.5 Å². The predicted molar refractivity (Wildman–Crippen MR) is 68.4 cm³/mol. The molecule has 3 N–H and O–H groups in total. The number of amidine groups is 1. The van der Waals surface area contributed by atoms with E-state index < -0.39 is 17.6 Å². The van der Waals surface area contributed by atoms with Gasteiger partial charge >= 0.3 is 6.18 Å². The summed E-state index contributed by atoms with van der Waals surface area (Å²) in [6, 6.07) is 3.28. The minimum atomic E-state index is -4.59. The topological polar surface area (TPSA) is 77.1 Å². The second-order valence-corrected chi connectivity index (χ2v) is 4.73. The average molecular weight is 304 g/mol. The molecule has 0 amide bonds. The summed E-state index contributed by atoms with van der Waals surface area (Å²) in [5.74, 6) is -0.574. The zero-order chi connectivity index (χ0) is 15.5. The summed E-state index contributed by atoms with van der Waals surface area (Å²) < 4.78 is 49.6. The molecular formula is C13H15F3N2O3. The highest BCUT2D eigenvalue weighted by Crippen LogP contribution is 2.37. The van der Waals surface area contributed by atoms with Gasteiger partial charge in [-0.3, -0.25) is 0 Å². The van der Waals surface area contributed by atoms with Crippen LogP contribution in [0.15, 0.2) is 23.4 Å². The monoisotopic (exact) mass is 304 g/mol. The van der Waals surface area contributed by atoms with Crippen molar-refractivity contribution in [1.82, 2.24) is 0 Å². The average Bonchev–Trinajstić information content (AvgIpc) is 2.96. The van der Waals surface area contributed by atoms with Crippen LogP contribution < -0.4 is 10.5 Å². The Morgan fingerprint density at radius 1 is 1.48 bits per heavy atom. The molecule has 0 aliphatic carbocycles. The van der Waals surface area contributed by atoms with Gasteiger partial charge < -0.3 is 20.4 Å². The van der Waals surface area contributed by atoms with Crippen LogP contribution in [-0.2, 0) is 10.9 Å². The zero-order valence-electron chi connectivity index (χ0n) is 11.1. The summed E-state index contributed by atoms with van der Waals surface area (Å²) in [7, 11) is 0. The Balaban J connectivity index is 2.22. The van der Waals surface area contributed by atoms with Crippen molar-refractivity contribution in [3.05, 3.63) is 29.3 Å². The highest BCUT2D eigenvalue weighted by molar-refractivity contribution is 5.97. The molecule has 1 unspecified atom stereocenters. The first-order chi connectivity index (χ1) is 9.91. The number of hydrogen-bond donors (Lipinski definition) is 2. The molecule has 0 aromatic heterocycles. The molecule has 1 aliphatic heterocycles. The van der Waals surface area contributed by atoms with E-state index in [0.717, 1.165) is 12.5 Å². The molecule has 8 heteroatoms. The van der Waals surface area contributed by atoms with Gasteiger partial charge in [-0.15, -0.1) is 0 Å². The van der Waals surface area contributed by atoms with Gasteiger partial charge in [-0.25, -0.2) is 0 Å². The predicted octanol–water partition coefficient (Wildman–Crippen LogP) is 2.22. The highest BCUT2D eigenvalue weighted by Gasteiger charge is 2.35. The first-order valence-corrected chi connectivity index (χ1v) is 6.31. The van der Waals surface area contributed by atoms with Crippen LogP contribution in [0.5, 0.6) is 5.75 Å². The fraction of sp³-hybridized carbons (Fsp3) is 0.462. The lowest BCUT2D eigenvalue weighted by Crippen LogP contribution is -2.18. The summed E-state index contributed by atoms with van der Waals surface area (Å²) in [6.07, 6.45) is -3.82. The third-order valence-corrected chi connectivity index (χ3v) is 3.19. The Bertz CT molecular complexity index is 526. The number of nitrogens with zero attached hydrogens (tertiary/aromatic N) is 1. The molecule has 21 heavy (non-hydrogen) atoms. The number of rotatable bonds is 4. The first kappa shape index (κ1) is 15.4. The number of oxime groups is 1. The number of ether oxygens (including phenoxy) is 2. The van der Waals surface area contributed by atoms with Crippen LogP contribution >= 0.6 is 0 Å². The van der Waals surface area contributed by atoms with Crippen LogP contribution in [0.3, 0.4) is 0 Å². The molecular weight excluding hydrogens is 289 g/mol. The standard InChI is InChI=1S/C13H15F3N2O3/c14-13(15,16)10-5-9(12(17)18-19)1-2-11(10)21-7-8-3-4-20-6-8/h1-2,5,8,19H,3-4,6-7H2,(H2,17,18). The number of hydrogen-bond acceptors (Lipinski definition) is 4.